The number of rotatable bonds is 8. The lowest BCUT2D eigenvalue weighted by Gasteiger charge is -2.34. The first-order chi connectivity index (χ1) is 27.8. The van der Waals surface area contributed by atoms with Gasteiger partial charge in [0.15, 0.2) is 0 Å². The lowest BCUT2D eigenvalue weighted by Crippen LogP contribution is -2.28. The molecule has 0 atom stereocenters. The minimum Gasteiger partial charge on any atom is -0.310 e. The van der Waals surface area contributed by atoms with Crippen molar-refractivity contribution >= 4 is 17.1 Å². The van der Waals surface area contributed by atoms with E-state index in [0.29, 0.717) is 0 Å². The summed E-state index contributed by atoms with van der Waals surface area (Å²) in [5.41, 5.74) is 17.7. The Bertz CT molecular complexity index is 2740. The summed E-state index contributed by atoms with van der Waals surface area (Å²) in [6.45, 7) is 0. The summed E-state index contributed by atoms with van der Waals surface area (Å²) >= 11 is 0. The van der Waals surface area contributed by atoms with Crippen LogP contribution >= 0.6 is 0 Å². The maximum Gasteiger partial charge on any atom is 0.0713 e. The molecule has 56 heavy (non-hydrogen) atoms. The van der Waals surface area contributed by atoms with Gasteiger partial charge in [0.25, 0.3) is 0 Å². The van der Waals surface area contributed by atoms with E-state index >= 15 is 0 Å². The Balaban J connectivity index is 1.15. The van der Waals surface area contributed by atoms with Crippen LogP contribution in [-0.2, 0) is 5.41 Å². The average molecular weight is 714 g/mol. The molecule has 0 spiro atoms. The standard InChI is InChI=1S/C55H39N/c1-4-18-40(19-5-1)42-22-16-23-43(38-42)44-24-17-27-48(39-44)56(54-33-15-12-28-49(54)41-20-6-2-7-21-41)47-36-34-46(35-37-47)55(45-25-8-3-9-26-45)52-31-13-10-29-50(52)51-30-11-14-32-53(51)55/h1-39H. The number of benzene rings is 9. The fourth-order valence-corrected chi connectivity index (χ4v) is 8.86. The van der Waals surface area contributed by atoms with E-state index in [9.17, 15) is 0 Å². The van der Waals surface area contributed by atoms with Crippen LogP contribution in [0.5, 0.6) is 0 Å². The zero-order valence-electron chi connectivity index (χ0n) is 31.0. The molecule has 1 nitrogen and oxygen atoms in total. The van der Waals surface area contributed by atoms with Gasteiger partial charge in [-0.2, -0.15) is 0 Å². The normalized spacial score (nSPS) is 12.4. The van der Waals surface area contributed by atoms with Crippen molar-refractivity contribution in [1.29, 1.82) is 0 Å². The predicted molar refractivity (Wildman–Crippen MR) is 235 cm³/mol. The van der Waals surface area contributed by atoms with Crippen LogP contribution in [-0.4, -0.2) is 0 Å². The van der Waals surface area contributed by atoms with Gasteiger partial charge in [-0.05, 0) is 97.6 Å². The number of hydrogen-bond acceptors (Lipinski definition) is 1. The summed E-state index contributed by atoms with van der Waals surface area (Å²) < 4.78 is 0. The summed E-state index contributed by atoms with van der Waals surface area (Å²) in [6, 6.07) is 86.1. The van der Waals surface area contributed by atoms with Gasteiger partial charge in [0.05, 0.1) is 11.1 Å². The van der Waals surface area contributed by atoms with Crippen LogP contribution in [0.2, 0.25) is 0 Å². The lowest BCUT2D eigenvalue weighted by atomic mass is 9.68. The predicted octanol–water partition coefficient (Wildman–Crippen LogP) is 14.5. The van der Waals surface area contributed by atoms with E-state index in [1.165, 1.54) is 66.8 Å². The number of hydrogen-bond donors (Lipinski definition) is 0. The smallest absolute Gasteiger partial charge is 0.0713 e. The van der Waals surface area contributed by atoms with E-state index in [4.69, 9.17) is 0 Å². The molecule has 0 amide bonds. The largest absolute Gasteiger partial charge is 0.310 e. The monoisotopic (exact) mass is 713 g/mol. The summed E-state index contributed by atoms with van der Waals surface area (Å²) in [7, 11) is 0. The molecule has 9 aromatic carbocycles. The first kappa shape index (κ1) is 33.4. The lowest BCUT2D eigenvalue weighted by molar-refractivity contribution is 0.768. The molecule has 0 radical (unpaired) electrons. The highest BCUT2D eigenvalue weighted by Crippen LogP contribution is 2.56. The van der Waals surface area contributed by atoms with Crippen molar-refractivity contribution in [1.82, 2.24) is 0 Å². The van der Waals surface area contributed by atoms with Gasteiger partial charge in [-0.15, -0.1) is 0 Å². The van der Waals surface area contributed by atoms with Crippen molar-refractivity contribution in [3.63, 3.8) is 0 Å². The Kier molecular flexibility index (Phi) is 8.46. The zero-order valence-corrected chi connectivity index (χ0v) is 31.0. The van der Waals surface area contributed by atoms with Gasteiger partial charge < -0.3 is 4.90 Å². The van der Waals surface area contributed by atoms with Crippen molar-refractivity contribution < 1.29 is 0 Å². The molecule has 0 aromatic heterocycles. The van der Waals surface area contributed by atoms with Crippen molar-refractivity contribution in [2.75, 3.05) is 4.90 Å². The molecule has 0 aliphatic heterocycles. The summed E-state index contributed by atoms with van der Waals surface area (Å²) in [6.07, 6.45) is 0. The van der Waals surface area contributed by atoms with Gasteiger partial charge in [0.1, 0.15) is 0 Å². The van der Waals surface area contributed by atoms with Crippen LogP contribution in [0.1, 0.15) is 22.3 Å². The number of fused-ring (bicyclic) bond motifs is 3. The fourth-order valence-electron chi connectivity index (χ4n) is 8.86. The third-order valence-corrected chi connectivity index (χ3v) is 11.4. The Morgan fingerprint density at radius 3 is 1.36 bits per heavy atom. The maximum atomic E-state index is 2.42. The average Bonchev–Trinajstić information content (AvgIpc) is 3.59. The van der Waals surface area contributed by atoms with Crippen molar-refractivity contribution in [3.05, 3.63) is 259 Å². The van der Waals surface area contributed by atoms with Crippen molar-refractivity contribution in [2.24, 2.45) is 0 Å². The van der Waals surface area contributed by atoms with Crippen LogP contribution in [0.15, 0.2) is 237 Å². The van der Waals surface area contributed by atoms with E-state index in [-0.39, 0.29) is 0 Å². The summed E-state index contributed by atoms with van der Waals surface area (Å²) in [4.78, 5) is 2.42. The highest BCUT2D eigenvalue weighted by Gasteiger charge is 2.45. The van der Waals surface area contributed by atoms with Crippen LogP contribution in [0.25, 0.3) is 44.5 Å². The van der Waals surface area contributed by atoms with E-state index < -0.39 is 5.41 Å². The van der Waals surface area contributed by atoms with E-state index in [2.05, 4.69) is 241 Å². The first-order valence-corrected chi connectivity index (χ1v) is 19.3. The molecule has 0 unspecified atom stereocenters. The quantitative estimate of drug-likeness (QED) is 0.152. The molecule has 1 heteroatoms. The third kappa shape index (κ3) is 5.65. The van der Waals surface area contributed by atoms with Crippen molar-refractivity contribution in [3.8, 4) is 44.5 Å². The van der Waals surface area contributed by atoms with E-state index in [1.54, 1.807) is 0 Å². The highest BCUT2D eigenvalue weighted by molar-refractivity contribution is 5.90. The topological polar surface area (TPSA) is 3.24 Å². The van der Waals surface area contributed by atoms with Gasteiger partial charge >= 0.3 is 0 Å². The highest BCUT2D eigenvalue weighted by atomic mass is 15.1. The Hall–Kier alpha value is -7.22. The van der Waals surface area contributed by atoms with E-state index in [0.717, 1.165) is 17.1 Å². The molecule has 0 fully saturated rings. The zero-order chi connectivity index (χ0) is 37.3. The molecular formula is C55H39N. The minimum atomic E-state index is -0.455. The number of anilines is 3. The second-order valence-corrected chi connectivity index (χ2v) is 14.5. The molecule has 0 N–H and O–H groups in total. The minimum absolute atomic E-state index is 0.455. The second kappa shape index (κ2) is 14.2. The Labute approximate surface area is 329 Å². The molecule has 1 aliphatic carbocycles. The SMILES string of the molecule is c1ccc(-c2cccc(-c3cccc(N(c4ccc(C5(c6ccccc6)c6ccccc6-c6ccccc65)cc4)c4ccccc4-c4ccccc4)c3)c2)cc1. The maximum absolute atomic E-state index is 2.42. The van der Waals surface area contributed by atoms with Gasteiger partial charge in [-0.3, -0.25) is 0 Å². The molecule has 0 saturated carbocycles. The molecule has 10 rings (SSSR count). The first-order valence-electron chi connectivity index (χ1n) is 19.3. The molecule has 0 heterocycles. The van der Waals surface area contributed by atoms with Gasteiger partial charge in [-0.25, -0.2) is 0 Å². The number of nitrogens with zero attached hydrogens (tertiary/aromatic N) is 1. The Morgan fingerprint density at radius 1 is 0.268 bits per heavy atom. The fraction of sp³-hybridized carbons (Fsp3) is 0.0182. The second-order valence-electron chi connectivity index (χ2n) is 14.5. The third-order valence-electron chi connectivity index (χ3n) is 11.4. The van der Waals surface area contributed by atoms with Crippen LogP contribution in [0, 0.1) is 0 Å². The van der Waals surface area contributed by atoms with Crippen LogP contribution < -0.4 is 4.90 Å². The molecular weight excluding hydrogens is 675 g/mol. The Morgan fingerprint density at radius 2 is 0.714 bits per heavy atom. The van der Waals surface area contributed by atoms with Gasteiger partial charge in [-0.1, -0.05) is 200 Å². The van der Waals surface area contributed by atoms with Crippen LogP contribution in [0.3, 0.4) is 0 Å². The van der Waals surface area contributed by atoms with Gasteiger partial charge in [0.2, 0.25) is 0 Å². The van der Waals surface area contributed by atoms with Crippen molar-refractivity contribution in [2.45, 2.75) is 5.41 Å². The van der Waals surface area contributed by atoms with Gasteiger partial charge in [0, 0.05) is 16.9 Å². The molecule has 0 saturated heterocycles. The van der Waals surface area contributed by atoms with Crippen LogP contribution in [0.4, 0.5) is 17.1 Å². The molecule has 0 bridgehead atoms. The molecule has 9 aromatic rings. The molecule has 264 valence electrons. The van der Waals surface area contributed by atoms with E-state index in [1.807, 2.05) is 0 Å². The number of para-hydroxylation sites is 1. The summed E-state index contributed by atoms with van der Waals surface area (Å²) in [5, 5.41) is 0. The summed E-state index contributed by atoms with van der Waals surface area (Å²) in [5.74, 6) is 0. The molecule has 1 aliphatic rings.